The first-order valence-electron chi connectivity index (χ1n) is 7.06. The minimum atomic E-state index is -0.927. The summed E-state index contributed by atoms with van der Waals surface area (Å²) in [4.78, 5) is 14.4. The number of amides is 1. The summed E-state index contributed by atoms with van der Waals surface area (Å²) < 4.78 is 13.4. The second-order valence-electron chi connectivity index (χ2n) is 6.22. The van der Waals surface area contributed by atoms with Crippen molar-refractivity contribution < 1.29 is 14.3 Å². The predicted octanol–water partition coefficient (Wildman–Crippen LogP) is 2.48. The number of benzene rings is 1. The zero-order valence-corrected chi connectivity index (χ0v) is 12.3. The lowest BCUT2D eigenvalue weighted by Gasteiger charge is -2.31. The molecule has 1 fully saturated rings. The van der Waals surface area contributed by atoms with E-state index in [9.17, 15) is 14.3 Å². The van der Waals surface area contributed by atoms with Gasteiger partial charge in [-0.3, -0.25) is 4.79 Å². The Morgan fingerprint density at radius 1 is 1.45 bits per heavy atom. The molecule has 1 aromatic carbocycles. The van der Waals surface area contributed by atoms with Gasteiger partial charge in [0.15, 0.2) is 0 Å². The van der Waals surface area contributed by atoms with Crippen LogP contribution in [0, 0.1) is 5.82 Å². The van der Waals surface area contributed by atoms with E-state index in [1.54, 1.807) is 24.8 Å². The Bertz CT molecular complexity index is 503. The minimum Gasteiger partial charge on any atom is -0.389 e. The van der Waals surface area contributed by atoms with E-state index in [-0.39, 0.29) is 11.7 Å². The van der Waals surface area contributed by atoms with Gasteiger partial charge in [0, 0.05) is 13.1 Å². The van der Waals surface area contributed by atoms with Gasteiger partial charge in [-0.15, -0.1) is 0 Å². The van der Waals surface area contributed by atoms with Crippen molar-refractivity contribution in [2.45, 2.75) is 44.6 Å². The van der Waals surface area contributed by atoms with Crippen LogP contribution in [0.2, 0.25) is 0 Å². The fourth-order valence-electron chi connectivity index (χ4n) is 2.63. The number of likely N-dealkylation sites (N-methyl/N-ethyl adjacent to an activating group) is 1. The molecule has 20 heavy (non-hydrogen) atoms. The van der Waals surface area contributed by atoms with Gasteiger partial charge < -0.3 is 10.0 Å². The third-order valence-corrected chi connectivity index (χ3v) is 3.78. The van der Waals surface area contributed by atoms with Crippen molar-refractivity contribution in [3.63, 3.8) is 0 Å². The summed E-state index contributed by atoms with van der Waals surface area (Å²) in [6.45, 7) is 6.10. The number of carbonyl (C=O) groups is 1. The Labute approximate surface area is 119 Å². The highest BCUT2D eigenvalue weighted by atomic mass is 19.1. The van der Waals surface area contributed by atoms with Crippen LogP contribution < -0.4 is 0 Å². The first-order valence-corrected chi connectivity index (χ1v) is 7.06. The Hall–Kier alpha value is -1.42. The number of hydrogen-bond acceptors (Lipinski definition) is 2. The highest BCUT2D eigenvalue weighted by Gasteiger charge is 2.53. The molecule has 0 bridgehead atoms. The van der Waals surface area contributed by atoms with Crippen molar-refractivity contribution in [1.29, 1.82) is 0 Å². The van der Waals surface area contributed by atoms with E-state index < -0.39 is 11.0 Å². The van der Waals surface area contributed by atoms with Crippen molar-refractivity contribution in [3.05, 3.63) is 35.6 Å². The van der Waals surface area contributed by atoms with Crippen molar-refractivity contribution in [2.24, 2.45) is 0 Å². The Morgan fingerprint density at radius 3 is 2.55 bits per heavy atom. The lowest BCUT2D eigenvalue weighted by molar-refractivity contribution is -0.136. The number of aliphatic hydroxyl groups is 1. The van der Waals surface area contributed by atoms with Crippen LogP contribution in [0.3, 0.4) is 0 Å². The van der Waals surface area contributed by atoms with Gasteiger partial charge in [0.1, 0.15) is 5.82 Å². The second kappa shape index (κ2) is 5.17. The summed E-state index contributed by atoms with van der Waals surface area (Å²) in [5.74, 6) is -0.320. The summed E-state index contributed by atoms with van der Waals surface area (Å²) >= 11 is 0. The van der Waals surface area contributed by atoms with Crippen molar-refractivity contribution in [2.75, 3.05) is 13.1 Å². The van der Waals surface area contributed by atoms with Crippen LogP contribution in [0.25, 0.3) is 0 Å². The third kappa shape index (κ3) is 3.01. The molecule has 1 saturated carbocycles. The number of carbonyl (C=O) groups excluding carboxylic acids is 1. The summed E-state index contributed by atoms with van der Waals surface area (Å²) in [7, 11) is 0. The van der Waals surface area contributed by atoms with Gasteiger partial charge in [-0.1, -0.05) is 12.1 Å². The lowest BCUT2D eigenvalue weighted by Crippen LogP contribution is -2.46. The van der Waals surface area contributed by atoms with Crippen molar-refractivity contribution in [3.8, 4) is 0 Å². The molecule has 0 heterocycles. The van der Waals surface area contributed by atoms with Crippen LogP contribution in [0.5, 0.6) is 0 Å². The highest BCUT2D eigenvalue weighted by Crippen LogP contribution is 2.49. The van der Waals surface area contributed by atoms with E-state index in [1.807, 2.05) is 13.0 Å². The molecule has 0 spiro atoms. The van der Waals surface area contributed by atoms with Gasteiger partial charge in [0.25, 0.3) is 0 Å². The van der Waals surface area contributed by atoms with Crippen molar-refractivity contribution in [1.82, 2.24) is 4.90 Å². The molecule has 1 aromatic rings. The maximum atomic E-state index is 13.4. The maximum Gasteiger partial charge on any atom is 0.233 e. The van der Waals surface area contributed by atoms with E-state index in [1.165, 1.54) is 12.1 Å². The molecule has 3 nitrogen and oxygen atoms in total. The third-order valence-electron chi connectivity index (χ3n) is 3.78. The largest absolute Gasteiger partial charge is 0.389 e. The SMILES string of the molecule is CCN(CC(C)(C)O)C(=O)C1(c2cccc(F)c2)CC1. The molecule has 0 atom stereocenters. The molecule has 1 N–H and O–H groups in total. The number of hydrogen-bond donors (Lipinski definition) is 1. The average Bonchev–Trinajstić information content (AvgIpc) is 3.15. The molecule has 0 radical (unpaired) electrons. The van der Waals surface area contributed by atoms with Crippen LogP contribution in [0.15, 0.2) is 24.3 Å². The standard InChI is InChI=1S/C16H22FNO2/c1-4-18(11-15(2,3)20)14(19)16(8-9-16)12-6-5-7-13(17)10-12/h5-7,10,20H,4,8-9,11H2,1-3H3. The number of rotatable bonds is 5. The molecule has 1 aliphatic carbocycles. The van der Waals surface area contributed by atoms with Crippen molar-refractivity contribution >= 4 is 5.91 Å². The molecular weight excluding hydrogens is 257 g/mol. The molecule has 0 aliphatic heterocycles. The van der Waals surface area contributed by atoms with Gasteiger partial charge >= 0.3 is 0 Å². The predicted molar refractivity (Wildman–Crippen MR) is 75.9 cm³/mol. The molecule has 110 valence electrons. The van der Waals surface area contributed by atoms with Gasteiger partial charge in [-0.25, -0.2) is 4.39 Å². The quantitative estimate of drug-likeness (QED) is 0.899. The summed E-state index contributed by atoms with van der Waals surface area (Å²) in [6, 6.07) is 6.29. The molecule has 0 saturated heterocycles. The normalized spacial score (nSPS) is 16.9. The van der Waals surface area contributed by atoms with E-state index >= 15 is 0 Å². The number of halogens is 1. The van der Waals surface area contributed by atoms with Gasteiger partial charge in [0.05, 0.1) is 11.0 Å². The summed E-state index contributed by atoms with van der Waals surface area (Å²) in [5.41, 5.74) is -0.760. The topological polar surface area (TPSA) is 40.5 Å². The molecule has 4 heteroatoms. The Balaban J connectivity index is 2.23. The summed E-state index contributed by atoms with van der Waals surface area (Å²) in [6.07, 6.45) is 1.50. The first kappa shape index (κ1) is 15.0. The van der Waals surface area contributed by atoms with Crippen LogP contribution in [0.4, 0.5) is 4.39 Å². The fraction of sp³-hybridized carbons (Fsp3) is 0.562. The maximum absolute atomic E-state index is 13.4. The van der Waals surface area contributed by atoms with Gasteiger partial charge in [-0.05, 0) is 51.3 Å². The molecule has 0 unspecified atom stereocenters. The molecule has 2 rings (SSSR count). The van der Waals surface area contributed by atoms with Crippen LogP contribution >= 0.6 is 0 Å². The lowest BCUT2D eigenvalue weighted by atomic mass is 9.93. The van der Waals surface area contributed by atoms with Gasteiger partial charge in [-0.2, -0.15) is 0 Å². The van der Waals surface area contributed by atoms with Crippen LogP contribution in [-0.2, 0) is 10.2 Å². The zero-order valence-electron chi connectivity index (χ0n) is 12.3. The Morgan fingerprint density at radius 2 is 2.10 bits per heavy atom. The summed E-state index contributed by atoms with van der Waals surface area (Å²) in [5, 5.41) is 9.91. The van der Waals surface area contributed by atoms with E-state index in [0.29, 0.717) is 13.1 Å². The Kier molecular flexibility index (Phi) is 3.87. The van der Waals surface area contributed by atoms with E-state index in [4.69, 9.17) is 0 Å². The zero-order chi connectivity index (χ0) is 15.0. The molecule has 0 aromatic heterocycles. The molecule has 1 amide bonds. The smallest absolute Gasteiger partial charge is 0.233 e. The minimum absolute atomic E-state index is 0.00674. The van der Waals surface area contributed by atoms with E-state index in [2.05, 4.69) is 0 Å². The average molecular weight is 279 g/mol. The number of nitrogens with zero attached hydrogens (tertiary/aromatic N) is 1. The highest BCUT2D eigenvalue weighted by molar-refractivity contribution is 5.91. The first-order chi connectivity index (χ1) is 9.28. The fourth-order valence-corrected chi connectivity index (χ4v) is 2.63. The molecular formula is C16H22FNO2. The van der Waals surface area contributed by atoms with Crippen LogP contribution in [-0.4, -0.2) is 34.6 Å². The molecule has 1 aliphatic rings. The van der Waals surface area contributed by atoms with E-state index in [0.717, 1.165) is 18.4 Å². The van der Waals surface area contributed by atoms with Gasteiger partial charge in [0.2, 0.25) is 5.91 Å². The monoisotopic (exact) mass is 279 g/mol. The second-order valence-corrected chi connectivity index (χ2v) is 6.22. The van der Waals surface area contributed by atoms with Crippen LogP contribution in [0.1, 0.15) is 39.2 Å².